The molecular weight excluding hydrogens is 512 g/mol. The lowest BCUT2D eigenvalue weighted by Crippen LogP contribution is -2.35. The molecule has 0 bridgehead atoms. The molecule has 5 aromatic rings. The van der Waals surface area contributed by atoms with E-state index in [4.69, 9.17) is 16.0 Å². The van der Waals surface area contributed by atoms with Crippen molar-refractivity contribution in [1.82, 2.24) is 30.1 Å². The van der Waals surface area contributed by atoms with Crippen LogP contribution in [0.3, 0.4) is 0 Å². The minimum atomic E-state index is -0.517. The van der Waals surface area contributed by atoms with Gasteiger partial charge in [0.25, 0.3) is 5.56 Å². The van der Waals surface area contributed by atoms with E-state index in [9.17, 15) is 4.79 Å². The molecule has 3 heterocycles. The van der Waals surface area contributed by atoms with Crippen molar-refractivity contribution in [2.24, 2.45) is 0 Å². The Bertz CT molecular complexity index is 1630. The normalized spacial score (nSPS) is 15.0. The number of benzene rings is 2. The summed E-state index contributed by atoms with van der Waals surface area (Å²) in [5.74, 6) is 1.45. The molecule has 0 spiro atoms. The molecule has 1 aliphatic rings. The van der Waals surface area contributed by atoms with E-state index in [0.29, 0.717) is 29.5 Å². The van der Waals surface area contributed by atoms with Gasteiger partial charge in [-0.15, -0.1) is 5.10 Å². The van der Waals surface area contributed by atoms with Crippen molar-refractivity contribution in [3.05, 3.63) is 110 Å². The number of furan rings is 1. The van der Waals surface area contributed by atoms with E-state index in [1.54, 1.807) is 6.26 Å². The molecule has 2 aromatic carbocycles. The van der Waals surface area contributed by atoms with Crippen LogP contribution in [0.4, 0.5) is 0 Å². The number of nitrogens with zero attached hydrogens (tertiary/aromatic N) is 5. The van der Waals surface area contributed by atoms with Crippen molar-refractivity contribution in [2.75, 3.05) is 0 Å². The van der Waals surface area contributed by atoms with Crippen molar-refractivity contribution in [3.8, 4) is 0 Å². The minimum Gasteiger partial charge on any atom is -0.468 e. The monoisotopic (exact) mass is 542 g/mol. The number of hydrogen-bond donors (Lipinski definition) is 1. The summed E-state index contributed by atoms with van der Waals surface area (Å²) in [6.07, 6.45) is 6.00. The summed E-state index contributed by atoms with van der Waals surface area (Å²) in [4.78, 5) is 19.1. The Morgan fingerprint density at radius 3 is 2.59 bits per heavy atom. The van der Waals surface area contributed by atoms with Crippen LogP contribution in [0, 0.1) is 13.8 Å². The molecule has 1 atom stereocenters. The van der Waals surface area contributed by atoms with E-state index in [-0.39, 0.29) is 11.6 Å². The lowest BCUT2D eigenvalue weighted by Gasteiger charge is -2.31. The van der Waals surface area contributed by atoms with Gasteiger partial charge in [0.2, 0.25) is 0 Å². The Labute approximate surface area is 231 Å². The summed E-state index contributed by atoms with van der Waals surface area (Å²) < 4.78 is 7.72. The lowest BCUT2D eigenvalue weighted by atomic mass is 9.99. The molecule has 1 aliphatic carbocycles. The van der Waals surface area contributed by atoms with Crippen LogP contribution < -0.4 is 5.56 Å². The second-order valence-corrected chi connectivity index (χ2v) is 10.9. The average molecular weight is 543 g/mol. The number of H-pyrrole nitrogens is 1. The third kappa shape index (κ3) is 5.27. The third-order valence-corrected chi connectivity index (χ3v) is 8.07. The van der Waals surface area contributed by atoms with Gasteiger partial charge in [0, 0.05) is 22.6 Å². The van der Waals surface area contributed by atoms with Gasteiger partial charge in [0.1, 0.15) is 11.8 Å². The highest BCUT2D eigenvalue weighted by Gasteiger charge is 2.34. The Morgan fingerprint density at radius 2 is 1.85 bits per heavy atom. The molecule has 200 valence electrons. The van der Waals surface area contributed by atoms with Crippen LogP contribution in [0.15, 0.2) is 70.1 Å². The molecule has 0 saturated heterocycles. The van der Waals surface area contributed by atoms with E-state index >= 15 is 0 Å². The number of pyridine rings is 1. The highest BCUT2D eigenvalue weighted by atomic mass is 35.5. The van der Waals surface area contributed by atoms with Crippen molar-refractivity contribution in [2.45, 2.75) is 64.7 Å². The molecule has 1 saturated carbocycles. The Kier molecular flexibility index (Phi) is 7.06. The quantitative estimate of drug-likeness (QED) is 0.248. The van der Waals surface area contributed by atoms with Gasteiger partial charge < -0.3 is 9.40 Å². The van der Waals surface area contributed by atoms with Gasteiger partial charge in [-0.3, -0.25) is 9.69 Å². The number of rotatable bonds is 8. The highest BCUT2D eigenvalue weighted by molar-refractivity contribution is 6.30. The van der Waals surface area contributed by atoms with E-state index < -0.39 is 6.04 Å². The Hall–Kier alpha value is -3.75. The Balaban J connectivity index is 1.54. The molecular formula is C30H31ClN6O2. The van der Waals surface area contributed by atoms with Gasteiger partial charge in [-0.25, -0.2) is 4.68 Å². The van der Waals surface area contributed by atoms with Gasteiger partial charge in [0.15, 0.2) is 5.82 Å². The van der Waals surface area contributed by atoms with Gasteiger partial charge >= 0.3 is 0 Å². The summed E-state index contributed by atoms with van der Waals surface area (Å²) in [6, 6.07) is 17.4. The zero-order valence-electron chi connectivity index (χ0n) is 22.1. The fourth-order valence-electron chi connectivity index (χ4n) is 5.65. The van der Waals surface area contributed by atoms with Crippen molar-refractivity contribution < 1.29 is 4.42 Å². The average Bonchev–Trinajstić information content (AvgIpc) is 3.70. The minimum absolute atomic E-state index is 0.155. The predicted molar refractivity (Wildman–Crippen MR) is 151 cm³/mol. The molecule has 0 amide bonds. The summed E-state index contributed by atoms with van der Waals surface area (Å²) in [5, 5.41) is 14.7. The molecule has 1 N–H and O–H groups in total. The fourth-order valence-corrected chi connectivity index (χ4v) is 5.78. The molecule has 0 unspecified atom stereocenters. The van der Waals surface area contributed by atoms with E-state index in [1.807, 2.05) is 53.2 Å². The zero-order chi connectivity index (χ0) is 26.9. The molecule has 6 rings (SSSR count). The number of fused-ring (bicyclic) bond motifs is 1. The molecule has 39 heavy (non-hydrogen) atoms. The van der Waals surface area contributed by atoms with Crippen LogP contribution in [0.25, 0.3) is 10.9 Å². The summed E-state index contributed by atoms with van der Waals surface area (Å²) in [7, 11) is 0. The standard InChI is InChI=1S/C30H31ClN6O2/c1-19-14-22-16-26(30(38)32-27(22)15-20(19)2)28(29-33-34-35-37(29)24-6-3-4-7-24)36(18-25-8-5-13-39-25)17-21-9-11-23(31)12-10-21/h5,8-16,24,28H,3-4,6-7,17-18H2,1-2H3,(H,32,38)/t28-/m0/s1. The SMILES string of the molecule is Cc1cc2cc([C@@H](c3nnnn3C3CCCC3)N(Cc3ccc(Cl)cc3)Cc3ccco3)c(=O)[nH]c2cc1C. The fraction of sp³-hybridized carbons (Fsp3) is 0.333. The van der Waals surface area contributed by atoms with Crippen LogP contribution >= 0.6 is 11.6 Å². The number of aryl methyl sites for hydroxylation is 2. The van der Waals surface area contributed by atoms with Crippen molar-refractivity contribution in [3.63, 3.8) is 0 Å². The van der Waals surface area contributed by atoms with E-state index in [0.717, 1.165) is 53.5 Å². The number of aromatic amines is 1. The van der Waals surface area contributed by atoms with E-state index in [1.165, 1.54) is 5.56 Å². The summed E-state index contributed by atoms with van der Waals surface area (Å²) >= 11 is 6.19. The first-order valence-corrected chi connectivity index (χ1v) is 13.8. The maximum atomic E-state index is 13.8. The van der Waals surface area contributed by atoms with Gasteiger partial charge in [0.05, 0.1) is 18.8 Å². The molecule has 3 aromatic heterocycles. The highest BCUT2D eigenvalue weighted by Crippen LogP contribution is 2.35. The molecule has 0 radical (unpaired) electrons. The maximum Gasteiger partial charge on any atom is 0.253 e. The number of tetrazole rings is 1. The van der Waals surface area contributed by atoms with Crippen molar-refractivity contribution in [1.29, 1.82) is 0 Å². The first kappa shape index (κ1) is 25.5. The summed E-state index contributed by atoms with van der Waals surface area (Å²) in [5.41, 5.74) is 4.62. The Morgan fingerprint density at radius 1 is 1.08 bits per heavy atom. The topological polar surface area (TPSA) is 92.8 Å². The maximum absolute atomic E-state index is 13.8. The largest absolute Gasteiger partial charge is 0.468 e. The van der Waals surface area contributed by atoms with Gasteiger partial charge in [-0.05, 0) is 102 Å². The second-order valence-electron chi connectivity index (χ2n) is 10.5. The molecule has 1 fully saturated rings. The first-order chi connectivity index (χ1) is 19.0. The number of hydrogen-bond acceptors (Lipinski definition) is 6. The number of halogens is 1. The molecule has 8 nitrogen and oxygen atoms in total. The molecule has 9 heteroatoms. The second kappa shape index (κ2) is 10.8. The van der Waals surface area contributed by atoms with Crippen LogP contribution in [0.2, 0.25) is 5.02 Å². The number of nitrogens with one attached hydrogen (secondary N) is 1. The van der Waals surface area contributed by atoms with E-state index in [2.05, 4.69) is 45.3 Å². The van der Waals surface area contributed by atoms with Crippen LogP contribution in [-0.4, -0.2) is 30.1 Å². The van der Waals surface area contributed by atoms with Gasteiger partial charge in [-0.1, -0.05) is 36.6 Å². The first-order valence-electron chi connectivity index (χ1n) is 13.4. The molecule has 0 aliphatic heterocycles. The summed E-state index contributed by atoms with van der Waals surface area (Å²) in [6.45, 7) is 5.13. The van der Waals surface area contributed by atoms with Crippen LogP contribution in [0.1, 0.15) is 71.6 Å². The number of aromatic nitrogens is 5. The van der Waals surface area contributed by atoms with Crippen LogP contribution in [0.5, 0.6) is 0 Å². The van der Waals surface area contributed by atoms with Crippen LogP contribution in [-0.2, 0) is 13.1 Å². The third-order valence-electron chi connectivity index (χ3n) is 7.82. The van der Waals surface area contributed by atoms with Crippen molar-refractivity contribution >= 4 is 22.5 Å². The zero-order valence-corrected chi connectivity index (χ0v) is 22.9. The predicted octanol–water partition coefficient (Wildman–Crippen LogP) is 6.28. The lowest BCUT2D eigenvalue weighted by molar-refractivity contribution is 0.176. The van der Waals surface area contributed by atoms with Gasteiger partial charge in [-0.2, -0.15) is 0 Å². The smallest absolute Gasteiger partial charge is 0.253 e.